The number of sulfonamides is 1. The van der Waals surface area contributed by atoms with Gasteiger partial charge in [0.15, 0.2) is 0 Å². The van der Waals surface area contributed by atoms with Crippen molar-refractivity contribution in [2.24, 2.45) is 0 Å². The van der Waals surface area contributed by atoms with Gasteiger partial charge in [-0.15, -0.1) is 11.8 Å². The van der Waals surface area contributed by atoms with Gasteiger partial charge >= 0.3 is 0 Å². The van der Waals surface area contributed by atoms with Crippen LogP contribution in [0.5, 0.6) is 0 Å². The average Bonchev–Trinajstić information content (AvgIpc) is 2.76. The first-order valence-electron chi connectivity index (χ1n) is 9.80. The van der Waals surface area contributed by atoms with Crippen LogP contribution in [0.1, 0.15) is 18.9 Å². The molecule has 2 N–H and O–H groups in total. The zero-order chi connectivity index (χ0) is 23.3. The largest absolute Gasteiger partial charge is 0.325 e. The summed E-state index contributed by atoms with van der Waals surface area (Å²) in [6, 6.07) is 18.3. The van der Waals surface area contributed by atoms with E-state index in [2.05, 4.69) is 10.0 Å². The van der Waals surface area contributed by atoms with E-state index in [1.807, 2.05) is 19.1 Å². The molecule has 9 heteroatoms. The molecule has 3 aromatic rings. The van der Waals surface area contributed by atoms with Crippen LogP contribution in [-0.4, -0.2) is 19.6 Å². The molecule has 0 saturated carbocycles. The Balaban J connectivity index is 1.68. The summed E-state index contributed by atoms with van der Waals surface area (Å²) in [6.45, 7) is 3.73. The van der Waals surface area contributed by atoms with E-state index < -0.39 is 10.0 Å². The van der Waals surface area contributed by atoms with Gasteiger partial charge in [-0.25, -0.2) is 8.42 Å². The van der Waals surface area contributed by atoms with E-state index in [4.69, 9.17) is 23.2 Å². The van der Waals surface area contributed by atoms with Gasteiger partial charge in [0.05, 0.1) is 15.8 Å². The van der Waals surface area contributed by atoms with Crippen LogP contribution in [0, 0.1) is 6.92 Å². The minimum atomic E-state index is -3.80. The van der Waals surface area contributed by atoms with Gasteiger partial charge in [0, 0.05) is 20.6 Å². The molecule has 168 valence electrons. The van der Waals surface area contributed by atoms with Crippen LogP contribution in [-0.2, 0) is 14.8 Å². The van der Waals surface area contributed by atoms with Crippen molar-refractivity contribution in [2.45, 2.75) is 35.3 Å². The number of halogens is 2. The molecule has 0 aliphatic rings. The van der Waals surface area contributed by atoms with E-state index in [0.717, 1.165) is 10.5 Å². The maximum Gasteiger partial charge on any atom is 0.261 e. The summed E-state index contributed by atoms with van der Waals surface area (Å²) in [7, 11) is -3.80. The molecule has 0 fully saturated rings. The first-order valence-corrected chi connectivity index (χ1v) is 12.9. The molecule has 0 radical (unpaired) electrons. The van der Waals surface area contributed by atoms with Crippen molar-refractivity contribution in [3.8, 4) is 0 Å². The highest BCUT2D eigenvalue weighted by Crippen LogP contribution is 2.28. The van der Waals surface area contributed by atoms with Crippen molar-refractivity contribution in [1.82, 2.24) is 0 Å². The molecule has 3 rings (SSSR count). The lowest BCUT2D eigenvalue weighted by Crippen LogP contribution is -2.24. The summed E-state index contributed by atoms with van der Waals surface area (Å²) in [4.78, 5) is 13.7. The third kappa shape index (κ3) is 6.42. The van der Waals surface area contributed by atoms with E-state index in [-0.39, 0.29) is 16.1 Å². The smallest absolute Gasteiger partial charge is 0.261 e. The number of carbonyl (C=O) groups excluding carboxylic acids is 1. The third-order valence-electron chi connectivity index (χ3n) is 4.63. The molecule has 5 nitrogen and oxygen atoms in total. The van der Waals surface area contributed by atoms with Crippen LogP contribution in [0.4, 0.5) is 11.4 Å². The van der Waals surface area contributed by atoms with Crippen molar-refractivity contribution >= 4 is 62.3 Å². The highest BCUT2D eigenvalue weighted by molar-refractivity contribution is 8.00. The number of thioether (sulfide) groups is 1. The van der Waals surface area contributed by atoms with Crippen LogP contribution in [0.15, 0.2) is 76.5 Å². The molecule has 3 aromatic carbocycles. The molecule has 0 bridgehead atoms. The number of nitrogens with one attached hydrogen (secondary N) is 2. The minimum absolute atomic E-state index is 0.0810. The lowest BCUT2D eigenvalue weighted by Gasteiger charge is -2.15. The number of aryl methyl sites for hydroxylation is 1. The zero-order valence-corrected chi connectivity index (χ0v) is 20.6. The predicted octanol–water partition coefficient (Wildman–Crippen LogP) is 6.61. The molecule has 0 saturated heterocycles. The van der Waals surface area contributed by atoms with E-state index in [0.29, 0.717) is 27.8 Å². The van der Waals surface area contributed by atoms with Crippen molar-refractivity contribution in [1.29, 1.82) is 0 Å². The van der Waals surface area contributed by atoms with Gasteiger partial charge in [0.1, 0.15) is 0 Å². The van der Waals surface area contributed by atoms with E-state index in [1.54, 1.807) is 49.4 Å². The number of carbonyl (C=O) groups is 1. The standard InChI is InChI=1S/C23H22Cl2N2O3S2/c1-3-22(31-19-10-6-16(24)7-11-19)23(28)26-18-8-12-20(13-9-18)32(29,30)27-21-14-17(25)5-4-15(21)2/h4-14,22,27H,3H2,1-2H3,(H,26,28)/t22-/m1/s1. The quantitative estimate of drug-likeness (QED) is 0.335. The Morgan fingerprint density at radius 3 is 2.22 bits per heavy atom. The van der Waals surface area contributed by atoms with Crippen molar-refractivity contribution < 1.29 is 13.2 Å². The maximum atomic E-state index is 12.7. The van der Waals surface area contributed by atoms with Crippen LogP contribution in [0.3, 0.4) is 0 Å². The van der Waals surface area contributed by atoms with Crippen LogP contribution >= 0.6 is 35.0 Å². The number of hydrogen-bond donors (Lipinski definition) is 2. The monoisotopic (exact) mass is 508 g/mol. The SMILES string of the molecule is CC[C@@H](Sc1ccc(Cl)cc1)C(=O)Nc1ccc(S(=O)(=O)Nc2cc(Cl)ccc2C)cc1. The molecular formula is C23H22Cl2N2O3S2. The van der Waals surface area contributed by atoms with Crippen LogP contribution in [0.2, 0.25) is 10.0 Å². The number of benzene rings is 3. The normalized spacial score (nSPS) is 12.2. The molecular weight excluding hydrogens is 487 g/mol. The summed E-state index contributed by atoms with van der Waals surface area (Å²) in [5.74, 6) is -0.157. The fourth-order valence-corrected chi connectivity index (χ4v) is 5.22. The summed E-state index contributed by atoms with van der Waals surface area (Å²) >= 11 is 13.3. The maximum absolute atomic E-state index is 12.7. The average molecular weight is 509 g/mol. The van der Waals surface area contributed by atoms with Crippen LogP contribution in [0.25, 0.3) is 0 Å². The van der Waals surface area contributed by atoms with Gasteiger partial charge < -0.3 is 5.32 Å². The topological polar surface area (TPSA) is 75.3 Å². The first-order chi connectivity index (χ1) is 15.2. The van der Waals surface area contributed by atoms with Gasteiger partial charge in [-0.05, 0) is 79.6 Å². The predicted molar refractivity (Wildman–Crippen MR) is 133 cm³/mol. The second-order valence-corrected chi connectivity index (χ2v) is 10.9. The molecule has 0 aromatic heterocycles. The van der Waals surface area contributed by atoms with Crippen molar-refractivity contribution in [3.63, 3.8) is 0 Å². The third-order valence-corrected chi connectivity index (χ3v) is 7.88. The van der Waals surface area contributed by atoms with Gasteiger partial charge in [-0.1, -0.05) is 36.2 Å². The van der Waals surface area contributed by atoms with E-state index in [9.17, 15) is 13.2 Å². The summed E-state index contributed by atoms with van der Waals surface area (Å²) in [5.41, 5.74) is 1.69. The molecule has 0 unspecified atom stereocenters. The Hall–Kier alpha value is -2.19. The second kappa shape index (κ2) is 10.6. The summed E-state index contributed by atoms with van der Waals surface area (Å²) in [5, 5.41) is 3.63. The minimum Gasteiger partial charge on any atom is -0.325 e. The molecule has 0 spiro atoms. The van der Waals surface area contributed by atoms with Gasteiger partial charge in [-0.2, -0.15) is 0 Å². The zero-order valence-electron chi connectivity index (χ0n) is 17.4. The van der Waals surface area contributed by atoms with Crippen LogP contribution < -0.4 is 10.0 Å². The van der Waals surface area contributed by atoms with Crippen molar-refractivity contribution in [2.75, 3.05) is 10.0 Å². The molecule has 1 amide bonds. The lowest BCUT2D eigenvalue weighted by molar-refractivity contribution is -0.115. The number of rotatable bonds is 8. The Labute approximate surface area is 202 Å². The lowest BCUT2D eigenvalue weighted by atomic mass is 10.2. The van der Waals surface area contributed by atoms with Gasteiger partial charge in [0.25, 0.3) is 10.0 Å². The number of amides is 1. The fourth-order valence-electron chi connectivity index (χ4n) is 2.85. The van der Waals surface area contributed by atoms with E-state index in [1.165, 1.54) is 23.9 Å². The van der Waals surface area contributed by atoms with E-state index >= 15 is 0 Å². The second-order valence-electron chi connectivity index (χ2n) is 7.05. The summed E-state index contributed by atoms with van der Waals surface area (Å²) in [6.07, 6.45) is 0.633. The Morgan fingerprint density at radius 1 is 0.969 bits per heavy atom. The van der Waals surface area contributed by atoms with Crippen molar-refractivity contribution in [3.05, 3.63) is 82.3 Å². The number of hydrogen-bond acceptors (Lipinski definition) is 4. The van der Waals surface area contributed by atoms with Gasteiger partial charge in [-0.3, -0.25) is 9.52 Å². The highest BCUT2D eigenvalue weighted by atomic mass is 35.5. The molecule has 1 atom stereocenters. The first kappa shape index (κ1) is 24.5. The molecule has 0 aliphatic heterocycles. The Bertz CT molecular complexity index is 1200. The molecule has 32 heavy (non-hydrogen) atoms. The fraction of sp³-hybridized carbons (Fsp3) is 0.174. The Kier molecular flexibility index (Phi) is 8.11. The number of anilines is 2. The van der Waals surface area contributed by atoms with Gasteiger partial charge in [0.2, 0.25) is 5.91 Å². The highest BCUT2D eigenvalue weighted by Gasteiger charge is 2.19. The molecule has 0 heterocycles. The Morgan fingerprint density at radius 2 is 1.59 bits per heavy atom. The summed E-state index contributed by atoms with van der Waals surface area (Å²) < 4.78 is 28.0. The molecule has 0 aliphatic carbocycles.